The van der Waals surface area contributed by atoms with Crippen molar-refractivity contribution in [1.29, 1.82) is 0 Å². The van der Waals surface area contributed by atoms with Gasteiger partial charge < -0.3 is 19.5 Å². The minimum absolute atomic E-state index is 0.251. The maximum Gasteiger partial charge on any atom is 0.259 e. The Balaban J connectivity index is 2.23. The van der Waals surface area contributed by atoms with E-state index in [1.54, 1.807) is 6.07 Å². The molecule has 0 bridgehead atoms. The number of hydrogen-bond acceptors (Lipinski definition) is 5. The van der Waals surface area contributed by atoms with Gasteiger partial charge in [-0.2, -0.15) is 0 Å². The van der Waals surface area contributed by atoms with Crippen LogP contribution in [0.4, 0.5) is 0 Å². The normalized spacial score (nSPS) is 17.2. The Bertz CT molecular complexity index is 636. The largest absolute Gasteiger partial charge is 0.495 e. The van der Waals surface area contributed by atoms with Crippen LogP contribution in [0.1, 0.15) is 23.2 Å². The average molecular weight is 413 g/mol. The quantitative estimate of drug-likeness (QED) is 0.665. The molecule has 1 N–H and O–H groups in total. The molecule has 0 aliphatic carbocycles. The fourth-order valence-corrected chi connectivity index (χ4v) is 3.75. The van der Waals surface area contributed by atoms with Crippen molar-refractivity contribution in [2.75, 3.05) is 41.0 Å². The highest BCUT2D eigenvalue weighted by Crippen LogP contribution is 2.42. The number of carbonyl (C=O) groups is 1. The summed E-state index contributed by atoms with van der Waals surface area (Å²) in [4.78, 5) is 15.2. The van der Waals surface area contributed by atoms with Gasteiger partial charge in [0.1, 0.15) is 11.3 Å². The highest BCUT2D eigenvalue weighted by atomic mass is 79.9. The fraction of sp³-hybridized carbons (Fsp3) is 0.500. The van der Waals surface area contributed by atoms with Crippen LogP contribution in [-0.4, -0.2) is 57.8 Å². The molecule has 138 valence electrons. The van der Waals surface area contributed by atoms with Crippen LogP contribution in [-0.2, 0) is 0 Å². The molecule has 1 fully saturated rings. The maximum atomic E-state index is 12.9. The van der Waals surface area contributed by atoms with Crippen molar-refractivity contribution in [3.05, 3.63) is 28.8 Å². The molecule has 25 heavy (non-hydrogen) atoms. The summed E-state index contributed by atoms with van der Waals surface area (Å²) < 4.78 is 16.8. The molecule has 1 aliphatic rings. The molecule has 0 unspecified atom stereocenters. The standard InChI is InChI=1S/C18H25BrN2O4/c1-5-8-21-9-6-7-12(21)11-20-18(22)15-16(24-3)13(19)10-14(23-2)17(15)25-4/h5,10,12H,1,6-9,11H2,2-4H3,(H,20,22)/t12-/m0/s1. The smallest absolute Gasteiger partial charge is 0.259 e. The molecule has 1 saturated heterocycles. The first-order valence-electron chi connectivity index (χ1n) is 8.18. The van der Waals surface area contributed by atoms with Gasteiger partial charge in [0.15, 0.2) is 11.5 Å². The molecule has 0 saturated carbocycles. The van der Waals surface area contributed by atoms with E-state index in [0.717, 1.165) is 25.9 Å². The number of ether oxygens (including phenoxy) is 3. The number of benzene rings is 1. The number of rotatable bonds is 8. The van der Waals surface area contributed by atoms with Crippen molar-refractivity contribution in [3.8, 4) is 17.2 Å². The minimum atomic E-state index is -0.251. The van der Waals surface area contributed by atoms with Crippen molar-refractivity contribution in [1.82, 2.24) is 10.2 Å². The van der Waals surface area contributed by atoms with Crippen molar-refractivity contribution >= 4 is 21.8 Å². The van der Waals surface area contributed by atoms with E-state index in [9.17, 15) is 4.79 Å². The first-order valence-corrected chi connectivity index (χ1v) is 8.98. The third kappa shape index (κ3) is 4.27. The Labute approximate surface area is 157 Å². The monoisotopic (exact) mass is 412 g/mol. The Hall–Kier alpha value is -1.73. The second-order valence-electron chi connectivity index (χ2n) is 5.79. The van der Waals surface area contributed by atoms with E-state index in [2.05, 4.69) is 32.7 Å². The van der Waals surface area contributed by atoms with Gasteiger partial charge >= 0.3 is 0 Å². The third-order valence-electron chi connectivity index (χ3n) is 4.37. The third-order valence-corrected chi connectivity index (χ3v) is 4.96. The molecule has 0 spiro atoms. The van der Waals surface area contributed by atoms with E-state index in [0.29, 0.717) is 39.9 Å². The number of carbonyl (C=O) groups excluding carboxylic acids is 1. The van der Waals surface area contributed by atoms with Crippen molar-refractivity contribution in [2.45, 2.75) is 18.9 Å². The van der Waals surface area contributed by atoms with Gasteiger partial charge in [0, 0.05) is 25.2 Å². The summed E-state index contributed by atoms with van der Waals surface area (Å²) in [6.45, 7) is 6.22. The minimum Gasteiger partial charge on any atom is -0.495 e. The highest BCUT2D eigenvalue weighted by Gasteiger charge is 2.28. The highest BCUT2D eigenvalue weighted by molar-refractivity contribution is 9.10. The summed E-state index contributed by atoms with van der Waals surface area (Å²) in [5.74, 6) is 0.993. The zero-order chi connectivity index (χ0) is 18.4. The second-order valence-corrected chi connectivity index (χ2v) is 6.65. The number of nitrogens with one attached hydrogen (secondary N) is 1. The number of amides is 1. The number of nitrogens with zero attached hydrogens (tertiary/aromatic N) is 1. The molecule has 2 rings (SSSR count). The van der Waals surface area contributed by atoms with Crippen LogP contribution in [0.25, 0.3) is 0 Å². The van der Waals surface area contributed by atoms with Crippen molar-refractivity contribution in [3.63, 3.8) is 0 Å². The lowest BCUT2D eigenvalue weighted by molar-refractivity contribution is 0.0935. The van der Waals surface area contributed by atoms with Crippen LogP contribution in [0.2, 0.25) is 0 Å². The molecule has 1 aliphatic heterocycles. The summed E-state index contributed by atoms with van der Waals surface area (Å²) in [5.41, 5.74) is 0.324. The van der Waals surface area contributed by atoms with Crippen molar-refractivity contribution < 1.29 is 19.0 Å². The van der Waals surface area contributed by atoms with Crippen LogP contribution in [0.3, 0.4) is 0 Å². The molecule has 1 heterocycles. The topological polar surface area (TPSA) is 60.0 Å². The first kappa shape index (κ1) is 19.6. The molecular formula is C18H25BrN2O4. The van der Waals surface area contributed by atoms with E-state index in [1.165, 1.54) is 21.3 Å². The number of methoxy groups -OCH3 is 3. The molecule has 0 radical (unpaired) electrons. The Morgan fingerprint density at radius 1 is 1.36 bits per heavy atom. The molecule has 6 nitrogen and oxygen atoms in total. The molecule has 1 amide bonds. The summed E-state index contributed by atoms with van der Waals surface area (Å²) in [5, 5.41) is 3.01. The number of halogens is 1. The second kappa shape index (κ2) is 9.10. The number of likely N-dealkylation sites (tertiary alicyclic amines) is 1. The SMILES string of the molecule is C=CCN1CCC[C@H]1CNC(=O)c1c(OC)c(Br)cc(OC)c1OC. The lowest BCUT2D eigenvalue weighted by Gasteiger charge is -2.24. The zero-order valence-electron chi connectivity index (χ0n) is 14.9. The van der Waals surface area contributed by atoms with E-state index in [1.807, 2.05) is 6.08 Å². The maximum absolute atomic E-state index is 12.9. The number of hydrogen-bond donors (Lipinski definition) is 1. The van der Waals surface area contributed by atoms with Gasteiger partial charge in [0.05, 0.1) is 25.8 Å². The lowest BCUT2D eigenvalue weighted by Crippen LogP contribution is -2.40. The van der Waals surface area contributed by atoms with Crippen molar-refractivity contribution in [2.24, 2.45) is 0 Å². The summed E-state index contributed by atoms with van der Waals surface area (Å²) in [6.07, 6.45) is 4.08. The molecule has 1 aromatic carbocycles. The average Bonchev–Trinajstić information content (AvgIpc) is 3.06. The molecule has 1 aromatic rings. The Morgan fingerprint density at radius 3 is 2.68 bits per heavy atom. The van der Waals surface area contributed by atoms with E-state index in [4.69, 9.17) is 14.2 Å². The summed E-state index contributed by atoms with van der Waals surface area (Å²) >= 11 is 3.42. The van der Waals surface area contributed by atoms with Gasteiger partial charge in [-0.1, -0.05) is 6.08 Å². The zero-order valence-corrected chi connectivity index (χ0v) is 16.5. The van der Waals surface area contributed by atoms with Crippen LogP contribution in [0.5, 0.6) is 17.2 Å². The van der Waals surface area contributed by atoms with Gasteiger partial charge in [0.2, 0.25) is 0 Å². The fourth-order valence-electron chi connectivity index (χ4n) is 3.18. The Kier molecular flexibility index (Phi) is 7.13. The van der Waals surface area contributed by atoms with Gasteiger partial charge in [-0.3, -0.25) is 9.69 Å². The molecule has 7 heteroatoms. The predicted octanol–water partition coefficient (Wildman–Crippen LogP) is 2.86. The van der Waals surface area contributed by atoms with Crippen LogP contribution < -0.4 is 19.5 Å². The van der Waals surface area contributed by atoms with Gasteiger partial charge in [-0.25, -0.2) is 0 Å². The Morgan fingerprint density at radius 2 is 2.08 bits per heavy atom. The van der Waals surface area contributed by atoms with E-state index >= 15 is 0 Å². The first-order chi connectivity index (χ1) is 12.1. The molecule has 0 aromatic heterocycles. The summed E-state index contributed by atoms with van der Waals surface area (Å²) in [7, 11) is 4.56. The van der Waals surface area contributed by atoms with Crippen LogP contribution >= 0.6 is 15.9 Å². The lowest BCUT2D eigenvalue weighted by atomic mass is 10.1. The van der Waals surface area contributed by atoms with Gasteiger partial charge in [-0.05, 0) is 35.3 Å². The summed E-state index contributed by atoms with van der Waals surface area (Å²) in [6, 6.07) is 2.03. The molecular weight excluding hydrogens is 388 g/mol. The van der Waals surface area contributed by atoms with Crippen LogP contribution in [0, 0.1) is 0 Å². The molecule has 1 atom stereocenters. The van der Waals surface area contributed by atoms with E-state index < -0.39 is 0 Å². The van der Waals surface area contributed by atoms with Crippen LogP contribution in [0.15, 0.2) is 23.2 Å². The van der Waals surface area contributed by atoms with Gasteiger partial charge in [-0.15, -0.1) is 6.58 Å². The predicted molar refractivity (Wildman–Crippen MR) is 101 cm³/mol. The van der Waals surface area contributed by atoms with E-state index in [-0.39, 0.29) is 5.91 Å². The van der Waals surface area contributed by atoms with Gasteiger partial charge in [0.25, 0.3) is 5.91 Å².